The van der Waals surface area contributed by atoms with Gasteiger partial charge in [-0.15, -0.1) is 11.3 Å². The Morgan fingerprint density at radius 1 is 1.12 bits per heavy atom. The molecule has 0 radical (unpaired) electrons. The molecule has 0 aromatic carbocycles. The maximum Gasteiger partial charge on any atom is 0.107 e. The summed E-state index contributed by atoms with van der Waals surface area (Å²) >= 11 is 1.94. The van der Waals surface area contributed by atoms with Gasteiger partial charge in [-0.3, -0.25) is 0 Å². The second kappa shape index (κ2) is 4.84. The molecule has 0 saturated heterocycles. The second-order valence-electron chi connectivity index (χ2n) is 5.05. The number of nitrogens with zero attached hydrogens (tertiary/aromatic N) is 1. The predicted molar refractivity (Wildman–Crippen MR) is 67.9 cm³/mol. The van der Waals surface area contributed by atoms with Gasteiger partial charge >= 0.3 is 0 Å². The summed E-state index contributed by atoms with van der Waals surface area (Å²) in [6.45, 7) is 1.00. The molecule has 1 heterocycles. The standard InChI is InChI=1S/C13H20N2S/c1-2-5-10(6-3-1)14-9-13-15-11-7-4-8-12(11)16-13/h10,14H,1-9H2. The van der Waals surface area contributed by atoms with E-state index in [1.54, 1.807) is 4.88 Å². The molecule has 0 bridgehead atoms. The molecule has 2 aliphatic rings. The van der Waals surface area contributed by atoms with Crippen LogP contribution in [-0.2, 0) is 19.4 Å². The Morgan fingerprint density at radius 2 is 2.00 bits per heavy atom. The Bertz CT molecular complexity index is 331. The van der Waals surface area contributed by atoms with E-state index in [4.69, 9.17) is 4.98 Å². The molecular weight excluding hydrogens is 216 g/mol. The van der Waals surface area contributed by atoms with E-state index in [2.05, 4.69) is 5.32 Å². The molecule has 88 valence electrons. The van der Waals surface area contributed by atoms with Gasteiger partial charge in [0.05, 0.1) is 5.69 Å². The Labute approximate surface area is 101 Å². The molecule has 0 aliphatic heterocycles. The van der Waals surface area contributed by atoms with Crippen LogP contribution in [0.1, 0.15) is 54.1 Å². The van der Waals surface area contributed by atoms with Crippen LogP contribution in [0.2, 0.25) is 0 Å². The second-order valence-corrected chi connectivity index (χ2v) is 6.22. The summed E-state index contributed by atoms with van der Waals surface area (Å²) in [5.41, 5.74) is 1.39. The zero-order chi connectivity index (χ0) is 10.8. The van der Waals surface area contributed by atoms with Crippen molar-refractivity contribution in [3.8, 4) is 0 Å². The number of thiazole rings is 1. The van der Waals surface area contributed by atoms with Crippen LogP contribution in [0.5, 0.6) is 0 Å². The Kier molecular flexibility index (Phi) is 3.25. The van der Waals surface area contributed by atoms with Gasteiger partial charge in [-0.05, 0) is 32.1 Å². The SMILES string of the molecule is C1CCC(NCc2nc3c(s2)CCC3)CC1. The molecule has 0 amide bonds. The van der Waals surface area contributed by atoms with Crippen LogP contribution < -0.4 is 5.32 Å². The molecule has 1 N–H and O–H groups in total. The average Bonchev–Trinajstić information content (AvgIpc) is 2.88. The minimum Gasteiger partial charge on any atom is -0.308 e. The van der Waals surface area contributed by atoms with E-state index in [1.807, 2.05) is 11.3 Å². The van der Waals surface area contributed by atoms with Gasteiger partial charge < -0.3 is 5.32 Å². The fraction of sp³-hybridized carbons (Fsp3) is 0.769. The molecule has 1 saturated carbocycles. The van der Waals surface area contributed by atoms with Crippen molar-refractivity contribution in [3.63, 3.8) is 0 Å². The lowest BCUT2D eigenvalue weighted by Gasteiger charge is -2.22. The van der Waals surface area contributed by atoms with Gasteiger partial charge in [-0.1, -0.05) is 19.3 Å². The number of rotatable bonds is 3. The molecule has 0 atom stereocenters. The van der Waals surface area contributed by atoms with Gasteiger partial charge in [-0.25, -0.2) is 4.98 Å². The van der Waals surface area contributed by atoms with Crippen molar-refractivity contribution >= 4 is 11.3 Å². The third kappa shape index (κ3) is 2.30. The molecule has 1 aromatic heterocycles. The molecule has 3 rings (SSSR count). The van der Waals surface area contributed by atoms with Crippen LogP contribution in [-0.4, -0.2) is 11.0 Å². The van der Waals surface area contributed by atoms with E-state index >= 15 is 0 Å². The predicted octanol–water partition coefficient (Wildman–Crippen LogP) is 3.05. The summed E-state index contributed by atoms with van der Waals surface area (Å²) < 4.78 is 0. The number of fused-ring (bicyclic) bond motifs is 1. The highest BCUT2D eigenvalue weighted by Gasteiger charge is 2.17. The van der Waals surface area contributed by atoms with Crippen LogP contribution in [0.4, 0.5) is 0 Å². The lowest BCUT2D eigenvalue weighted by atomic mass is 9.96. The van der Waals surface area contributed by atoms with Gasteiger partial charge in [0.2, 0.25) is 0 Å². The molecule has 1 fully saturated rings. The van der Waals surface area contributed by atoms with Crippen LogP contribution in [0.25, 0.3) is 0 Å². The van der Waals surface area contributed by atoms with Crippen LogP contribution in [0.3, 0.4) is 0 Å². The van der Waals surface area contributed by atoms with E-state index < -0.39 is 0 Å². The fourth-order valence-corrected chi connectivity index (χ4v) is 3.97. The summed E-state index contributed by atoms with van der Waals surface area (Å²) in [4.78, 5) is 6.29. The minimum absolute atomic E-state index is 0.757. The fourth-order valence-electron chi connectivity index (χ4n) is 2.86. The van der Waals surface area contributed by atoms with Crippen molar-refractivity contribution in [1.29, 1.82) is 0 Å². The third-order valence-corrected chi connectivity index (χ3v) is 4.94. The smallest absolute Gasteiger partial charge is 0.107 e. The quantitative estimate of drug-likeness (QED) is 0.872. The van der Waals surface area contributed by atoms with E-state index in [1.165, 1.54) is 62.1 Å². The highest BCUT2D eigenvalue weighted by atomic mass is 32.1. The zero-order valence-electron chi connectivity index (χ0n) is 9.80. The molecule has 0 spiro atoms. The lowest BCUT2D eigenvalue weighted by molar-refractivity contribution is 0.372. The number of hydrogen-bond acceptors (Lipinski definition) is 3. The largest absolute Gasteiger partial charge is 0.308 e. The van der Waals surface area contributed by atoms with Crippen molar-refractivity contribution in [2.45, 2.75) is 64.0 Å². The van der Waals surface area contributed by atoms with Gasteiger partial charge in [-0.2, -0.15) is 0 Å². The van der Waals surface area contributed by atoms with Crippen molar-refractivity contribution in [2.75, 3.05) is 0 Å². The molecule has 16 heavy (non-hydrogen) atoms. The summed E-state index contributed by atoms with van der Waals surface area (Å²) in [5.74, 6) is 0. The molecule has 2 nitrogen and oxygen atoms in total. The van der Waals surface area contributed by atoms with E-state index in [0.29, 0.717) is 0 Å². The number of hydrogen-bond donors (Lipinski definition) is 1. The first-order chi connectivity index (χ1) is 7.92. The number of aromatic nitrogens is 1. The number of aryl methyl sites for hydroxylation is 2. The van der Waals surface area contributed by atoms with Gasteiger partial charge in [0.1, 0.15) is 5.01 Å². The van der Waals surface area contributed by atoms with Crippen LogP contribution >= 0.6 is 11.3 Å². The summed E-state index contributed by atoms with van der Waals surface area (Å²) in [6.07, 6.45) is 10.8. The Morgan fingerprint density at radius 3 is 2.81 bits per heavy atom. The monoisotopic (exact) mass is 236 g/mol. The first-order valence-electron chi connectivity index (χ1n) is 6.62. The molecule has 3 heteroatoms. The Balaban J connectivity index is 1.53. The summed E-state index contributed by atoms with van der Waals surface area (Å²) in [6, 6.07) is 0.757. The van der Waals surface area contributed by atoms with Crippen molar-refractivity contribution in [2.24, 2.45) is 0 Å². The van der Waals surface area contributed by atoms with Gasteiger partial charge in [0, 0.05) is 17.5 Å². The highest BCUT2D eigenvalue weighted by molar-refractivity contribution is 7.11. The summed E-state index contributed by atoms with van der Waals surface area (Å²) in [7, 11) is 0. The lowest BCUT2D eigenvalue weighted by Crippen LogP contribution is -2.30. The van der Waals surface area contributed by atoms with Gasteiger partial charge in [0.15, 0.2) is 0 Å². The van der Waals surface area contributed by atoms with Gasteiger partial charge in [0.25, 0.3) is 0 Å². The van der Waals surface area contributed by atoms with Crippen molar-refractivity contribution in [1.82, 2.24) is 10.3 Å². The van der Waals surface area contributed by atoms with Crippen LogP contribution in [0.15, 0.2) is 0 Å². The molecular formula is C13H20N2S. The van der Waals surface area contributed by atoms with E-state index in [9.17, 15) is 0 Å². The summed E-state index contributed by atoms with van der Waals surface area (Å²) in [5, 5.41) is 4.99. The van der Waals surface area contributed by atoms with E-state index in [0.717, 1.165) is 12.6 Å². The molecule has 0 unspecified atom stereocenters. The molecule has 1 aromatic rings. The topological polar surface area (TPSA) is 24.9 Å². The maximum atomic E-state index is 4.73. The third-order valence-electron chi connectivity index (χ3n) is 3.79. The molecule has 2 aliphatic carbocycles. The van der Waals surface area contributed by atoms with Crippen LogP contribution in [0, 0.1) is 0 Å². The number of nitrogens with one attached hydrogen (secondary N) is 1. The highest BCUT2D eigenvalue weighted by Crippen LogP contribution is 2.27. The zero-order valence-corrected chi connectivity index (χ0v) is 10.6. The van der Waals surface area contributed by atoms with E-state index in [-0.39, 0.29) is 0 Å². The average molecular weight is 236 g/mol. The normalized spacial score (nSPS) is 21.2. The first kappa shape index (κ1) is 10.7. The van der Waals surface area contributed by atoms with Crippen molar-refractivity contribution in [3.05, 3.63) is 15.6 Å². The Hall–Kier alpha value is -0.410. The minimum atomic E-state index is 0.757. The maximum absolute atomic E-state index is 4.73. The van der Waals surface area contributed by atoms with Crippen molar-refractivity contribution < 1.29 is 0 Å². The first-order valence-corrected chi connectivity index (χ1v) is 7.44.